The Hall–Kier alpha value is -1.93. The summed E-state index contributed by atoms with van der Waals surface area (Å²) in [4.78, 5) is 16.9. The van der Waals surface area contributed by atoms with Crippen molar-refractivity contribution in [3.05, 3.63) is 34.1 Å². The van der Waals surface area contributed by atoms with Crippen molar-refractivity contribution >= 4 is 48.5 Å². The maximum Gasteiger partial charge on any atom is 0.279 e. The Morgan fingerprint density at radius 2 is 2.25 bits per heavy atom. The first-order valence-corrected chi connectivity index (χ1v) is 9.19. The van der Waals surface area contributed by atoms with Crippen molar-refractivity contribution in [1.29, 1.82) is 0 Å². The van der Waals surface area contributed by atoms with Gasteiger partial charge in [-0.2, -0.15) is 5.10 Å². The number of benzene rings is 1. The van der Waals surface area contributed by atoms with Crippen LogP contribution in [0.3, 0.4) is 0 Å². The largest absolute Gasteiger partial charge is 0.494 e. The monoisotopic (exact) mass is 408 g/mol. The molecule has 0 spiro atoms. The number of aromatic amines is 1. The van der Waals surface area contributed by atoms with Gasteiger partial charge in [0.25, 0.3) is 5.91 Å². The van der Waals surface area contributed by atoms with E-state index in [0.29, 0.717) is 21.9 Å². The fraction of sp³-hybridized carbons (Fsp3) is 0.312. The molecule has 0 fully saturated rings. The van der Waals surface area contributed by atoms with Crippen LogP contribution in [0, 0.1) is 0 Å². The summed E-state index contributed by atoms with van der Waals surface area (Å²) >= 11 is 4.84. The highest BCUT2D eigenvalue weighted by atomic mass is 79.9. The predicted octanol–water partition coefficient (Wildman–Crippen LogP) is 4.56. The summed E-state index contributed by atoms with van der Waals surface area (Å²) in [6, 6.07) is 5.68. The molecule has 0 radical (unpaired) electrons. The van der Waals surface area contributed by atoms with E-state index in [4.69, 9.17) is 4.74 Å². The number of carbonyl (C=O) groups excluding carboxylic acids is 1. The lowest BCUT2D eigenvalue weighted by Gasteiger charge is -2.01. The molecule has 2 aromatic heterocycles. The number of anilines is 1. The van der Waals surface area contributed by atoms with Gasteiger partial charge in [-0.3, -0.25) is 15.2 Å². The molecule has 1 amide bonds. The molecule has 0 atom stereocenters. The summed E-state index contributed by atoms with van der Waals surface area (Å²) in [7, 11) is 0. The Morgan fingerprint density at radius 1 is 1.46 bits per heavy atom. The molecule has 1 aromatic carbocycles. The minimum atomic E-state index is -0.297. The van der Waals surface area contributed by atoms with E-state index in [-0.39, 0.29) is 11.8 Å². The third kappa shape index (κ3) is 3.29. The van der Waals surface area contributed by atoms with Gasteiger partial charge < -0.3 is 4.74 Å². The summed E-state index contributed by atoms with van der Waals surface area (Å²) in [5.41, 5.74) is 2.04. The van der Waals surface area contributed by atoms with Crippen molar-refractivity contribution in [3.8, 4) is 5.75 Å². The molecule has 24 heavy (non-hydrogen) atoms. The van der Waals surface area contributed by atoms with E-state index < -0.39 is 0 Å². The molecule has 0 aliphatic rings. The first-order valence-electron chi connectivity index (χ1n) is 7.58. The number of carbonyl (C=O) groups is 1. The zero-order valence-corrected chi connectivity index (χ0v) is 15.9. The number of hydrogen-bond donors (Lipinski definition) is 2. The number of fused-ring (bicyclic) bond motifs is 1. The van der Waals surface area contributed by atoms with Crippen molar-refractivity contribution in [2.75, 3.05) is 11.9 Å². The number of halogens is 1. The Bertz CT molecular complexity index is 887. The van der Waals surface area contributed by atoms with Crippen LogP contribution in [0.1, 0.15) is 42.9 Å². The molecular weight excluding hydrogens is 392 g/mol. The van der Waals surface area contributed by atoms with Crippen molar-refractivity contribution in [2.45, 2.75) is 26.7 Å². The van der Waals surface area contributed by atoms with Crippen molar-refractivity contribution in [1.82, 2.24) is 15.2 Å². The molecule has 0 bridgehead atoms. The van der Waals surface area contributed by atoms with Gasteiger partial charge in [0, 0.05) is 0 Å². The normalized spacial score (nSPS) is 11.2. The molecule has 126 valence electrons. The number of hydrogen-bond acceptors (Lipinski definition) is 5. The molecule has 0 aliphatic carbocycles. The van der Waals surface area contributed by atoms with E-state index in [1.165, 1.54) is 11.3 Å². The number of aromatic nitrogens is 3. The number of H-pyrrole nitrogens is 1. The molecule has 2 N–H and O–H groups in total. The molecule has 0 aliphatic heterocycles. The molecule has 6 nitrogen and oxygen atoms in total. The highest BCUT2D eigenvalue weighted by Crippen LogP contribution is 2.30. The molecule has 0 unspecified atom stereocenters. The maximum atomic E-state index is 12.4. The van der Waals surface area contributed by atoms with Crippen LogP contribution in [0.25, 0.3) is 10.2 Å². The Balaban J connectivity index is 1.83. The molecule has 0 saturated heterocycles. The van der Waals surface area contributed by atoms with Crippen LogP contribution < -0.4 is 10.1 Å². The zero-order chi connectivity index (χ0) is 17.3. The predicted molar refractivity (Wildman–Crippen MR) is 99.1 cm³/mol. The van der Waals surface area contributed by atoms with Gasteiger partial charge in [0.05, 0.1) is 27.0 Å². The highest BCUT2D eigenvalue weighted by molar-refractivity contribution is 9.10. The van der Waals surface area contributed by atoms with Gasteiger partial charge in [-0.15, -0.1) is 0 Å². The summed E-state index contributed by atoms with van der Waals surface area (Å²) in [6.07, 6.45) is 0. The van der Waals surface area contributed by atoms with Crippen LogP contribution in [0.15, 0.2) is 22.7 Å². The van der Waals surface area contributed by atoms with Crippen LogP contribution in [0.5, 0.6) is 5.75 Å². The summed E-state index contributed by atoms with van der Waals surface area (Å²) in [5, 5.41) is 10.3. The van der Waals surface area contributed by atoms with Gasteiger partial charge in [0.2, 0.25) is 0 Å². The lowest BCUT2D eigenvalue weighted by Crippen LogP contribution is -2.12. The smallest absolute Gasteiger partial charge is 0.279 e. The zero-order valence-electron chi connectivity index (χ0n) is 13.5. The van der Waals surface area contributed by atoms with Gasteiger partial charge in [-0.1, -0.05) is 25.2 Å². The van der Waals surface area contributed by atoms with E-state index in [9.17, 15) is 4.79 Å². The number of ether oxygens (including phenoxy) is 1. The lowest BCUT2D eigenvalue weighted by molar-refractivity contribution is 0.102. The van der Waals surface area contributed by atoms with Crippen LogP contribution in [-0.2, 0) is 0 Å². The number of nitrogens with zero attached hydrogens (tertiary/aromatic N) is 2. The molecule has 3 rings (SSSR count). The van der Waals surface area contributed by atoms with Gasteiger partial charge in [0.1, 0.15) is 5.75 Å². The van der Waals surface area contributed by atoms with Gasteiger partial charge in [0.15, 0.2) is 10.8 Å². The van der Waals surface area contributed by atoms with Crippen LogP contribution in [-0.4, -0.2) is 27.7 Å². The topological polar surface area (TPSA) is 79.9 Å². The third-order valence-electron chi connectivity index (χ3n) is 3.42. The molecule has 8 heteroatoms. The first-order chi connectivity index (χ1) is 11.5. The molecule has 0 saturated carbocycles. The van der Waals surface area contributed by atoms with Crippen molar-refractivity contribution < 1.29 is 9.53 Å². The van der Waals surface area contributed by atoms with E-state index in [1.54, 1.807) is 0 Å². The van der Waals surface area contributed by atoms with E-state index in [1.807, 2.05) is 39.0 Å². The number of rotatable bonds is 5. The minimum absolute atomic E-state index is 0.243. The van der Waals surface area contributed by atoms with E-state index >= 15 is 0 Å². The van der Waals surface area contributed by atoms with Crippen LogP contribution >= 0.6 is 27.3 Å². The summed E-state index contributed by atoms with van der Waals surface area (Å²) in [5.74, 6) is 0.741. The van der Waals surface area contributed by atoms with Crippen LogP contribution in [0.2, 0.25) is 0 Å². The average Bonchev–Trinajstić information content (AvgIpc) is 3.09. The average molecular weight is 409 g/mol. The maximum absolute atomic E-state index is 12.4. The second-order valence-electron chi connectivity index (χ2n) is 5.49. The fourth-order valence-corrected chi connectivity index (χ4v) is 3.95. The van der Waals surface area contributed by atoms with Gasteiger partial charge in [-0.05, 0) is 47.0 Å². The number of amides is 1. The van der Waals surface area contributed by atoms with Crippen molar-refractivity contribution in [3.63, 3.8) is 0 Å². The molecule has 3 aromatic rings. The SMILES string of the molecule is CCOc1ccc2nc(NC(=O)c3n[nH]c(C(C)C)c3Br)sc2c1. The summed E-state index contributed by atoms with van der Waals surface area (Å²) < 4.78 is 7.13. The highest BCUT2D eigenvalue weighted by Gasteiger charge is 2.20. The van der Waals surface area contributed by atoms with E-state index in [0.717, 1.165) is 21.7 Å². The Labute approximate surface area is 151 Å². The van der Waals surface area contributed by atoms with Gasteiger partial charge in [-0.25, -0.2) is 4.98 Å². The fourth-order valence-electron chi connectivity index (χ4n) is 2.25. The third-order valence-corrected chi connectivity index (χ3v) is 5.15. The first kappa shape index (κ1) is 16.9. The van der Waals surface area contributed by atoms with Gasteiger partial charge >= 0.3 is 0 Å². The second-order valence-corrected chi connectivity index (χ2v) is 7.31. The standard InChI is InChI=1S/C16H17BrN4O2S/c1-4-23-9-5-6-10-11(7-9)24-16(18-10)19-15(22)14-12(17)13(8(2)3)20-21-14/h5-8H,4H2,1-3H3,(H,20,21)(H,18,19,22). The van der Waals surface area contributed by atoms with Crippen LogP contribution in [0.4, 0.5) is 5.13 Å². The summed E-state index contributed by atoms with van der Waals surface area (Å²) in [6.45, 7) is 6.61. The second kappa shape index (κ2) is 6.90. The Morgan fingerprint density at radius 3 is 2.92 bits per heavy atom. The quantitative estimate of drug-likeness (QED) is 0.648. The molecular formula is C16H17BrN4O2S. The van der Waals surface area contributed by atoms with E-state index in [2.05, 4.69) is 36.4 Å². The lowest BCUT2D eigenvalue weighted by atomic mass is 10.1. The number of nitrogens with one attached hydrogen (secondary N) is 2. The van der Waals surface area contributed by atoms with Crippen molar-refractivity contribution in [2.24, 2.45) is 0 Å². The minimum Gasteiger partial charge on any atom is -0.494 e. The molecule has 2 heterocycles. The number of thiazole rings is 1. The Kier molecular flexibility index (Phi) is 4.86.